The van der Waals surface area contributed by atoms with Crippen LogP contribution in [-0.4, -0.2) is 44.2 Å². The normalized spacial score (nSPS) is 22.1. The van der Waals surface area contributed by atoms with E-state index in [0.29, 0.717) is 5.56 Å². The maximum Gasteiger partial charge on any atom is 0.263 e. The van der Waals surface area contributed by atoms with Crippen LogP contribution in [0.2, 0.25) is 0 Å². The van der Waals surface area contributed by atoms with Gasteiger partial charge in [0.1, 0.15) is 11.9 Å². The summed E-state index contributed by atoms with van der Waals surface area (Å²) in [6.07, 6.45) is 1.02. The number of nitrogens with one attached hydrogen (secondary N) is 1. The number of sulfonamides is 1. The fourth-order valence-corrected chi connectivity index (χ4v) is 3.82. The van der Waals surface area contributed by atoms with Crippen molar-refractivity contribution in [1.82, 2.24) is 9.62 Å². The maximum absolute atomic E-state index is 12.5. The second kappa shape index (κ2) is 5.39. The quantitative estimate of drug-likeness (QED) is 0.901. The predicted molar refractivity (Wildman–Crippen MR) is 83.1 cm³/mol. The van der Waals surface area contributed by atoms with Gasteiger partial charge in [-0.25, -0.2) is 8.42 Å². The van der Waals surface area contributed by atoms with Crippen molar-refractivity contribution in [2.45, 2.75) is 31.2 Å². The second-order valence-corrected chi connectivity index (χ2v) is 7.60. The van der Waals surface area contributed by atoms with Crippen molar-refractivity contribution < 1.29 is 13.2 Å². The Morgan fingerprint density at radius 2 is 1.95 bits per heavy atom. The molecule has 22 heavy (non-hydrogen) atoms. The van der Waals surface area contributed by atoms with Crippen LogP contribution in [0.5, 0.6) is 0 Å². The molecule has 2 aliphatic heterocycles. The molecule has 0 bridgehead atoms. The molecule has 1 saturated heterocycles. The Balaban J connectivity index is 1.98. The number of benzene rings is 1. The summed E-state index contributed by atoms with van der Waals surface area (Å²) >= 11 is 0. The molecule has 0 saturated carbocycles. The molecule has 1 N–H and O–H groups in total. The molecule has 7 heteroatoms. The summed E-state index contributed by atoms with van der Waals surface area (Å²) in [6, 6.07) is 6.12. The molecule has 2 heterocycles. The molecule has 1 amide bonds. The first-order valence-corrected chi connectivity index (χ1v) is 8.87. The number of rotatable bonds is 3. The van der Waals surface area contributed by atoms with Gasteiger partial charge in [0.15, 0.2) is 0 Å². The Morgan fingerprint density at radius 1 is 1.27 bits per heavy atom. The summed E-state index contributed by atoms with van der Waals surface area (Å²) in [5.41, 5.74) is 0.532. The minimum Gasteiger partial charge on any atom is -0.341 e. The molecular weight excluding hydrogens is 302 g/mol. The minimum absolute atomic E-state index is 0.00198. The highest BCUT2D eigenvalue weighted by atomic mass is 32.2. The number of amidine groups is 1. The van der Waals surface area contributed by atoms with Crippen molar-refractivity contribution in [3.05, 3.63) is 29.8 Å². The molecule has 2 aliphatic rings. The Kier molecular flexibility index (Phi) is 3.68. The molecular formula is C15H19N3O3S. The SMILES string of the molecule is CC(C)[C@H](N=C1NS(=O)(=O)c2ccccc21)C(=O)N1CCC1. The van der Waals surface area contributed by atoms with E-state index < -0.39 is 16.1 Å². The van der Waals surface area contributed by atoms with Gasteiger partial charge in [0.05, 0.1) is 4.90 Å². The highest BCUT2D eigenvalue weighted by molar-refractivity contribution is 7.90. The predicted octanol–water partition coefficient (Wildman–Crippen LogP) is 0.982. The standard InChI is InChI=1S/C15H19N3O3S/c1-10(2)13(15(19)18-8-5-9-18)16-14-11-6-3-4-7-12(11)22(20,21)17-14/h3-4,6-7,10,13H,5,8-9H2,1-2H3,(H,16,17)/t13-/m0/s1. The monoisotopic (exact) mass is 321 g/mol. The molecule has 1 fully saturated rings. The van der Waals surface area contributed by atoms with Crippen molar-refractivity contribution in [3.8, 4) is 0 Å². The Bertz CT molecular complexity index is 736. The Morgan fingerprint density at radius 3 is 2.55 bits per heavy atom. The highest BCUT2D eigenvalue weighted by Gasteiger charge is 2.34. The fraction of sp³-hybridized carbons (Fsp3) is 0.467. The van der Waals surface area contributed by atoms with Gasteiger partial charge < -0.3 is 4.90 Å². The Hall–Kier alpha value is -1.89. The topological polar surface area (TPSA) is 78.8 Å². The molecule has 118 valence electrons. The van der Waals surface area contributed by atoms with Crippen LogP contribution in [0.15, 0.2) is 34.2 Å². The van der Waals surface area contributed by atoms with E-state index in [1.165, 1.54) is 0 Å². The average Bonchev–Trinajstić information content (AvgIpc) is 2.65. The van der Waals surface area contributed by atoms with Crippen LogP contribution >= 0.6 is 0 Å². The van der Waals surface area contributed by atoms with E-state index in [-0.39, 0.29) is 22.6 Å². The van der Waals surface area contributed by atoms with Gasteiger partial charge in [-0.3, -0.25) is 14.5 Å². The lowest BCUT2D eigenvalue weighted by molar-refractivity contribution is -0.136. The van der Waals surface area contributed by atoms with Gasteiger partial charge in [0.25, 0.3) is 10.0 Å². The van der Waals surface area contributed by atoms with Gasteiger partial charge in [-0.1, -0.05) is 26.0 Å². The number of nitrogens with zero attached hydrogens (tertiary/aromatic N) is 2. The minimum atomic E-state index is -3.57. The third-order valence-corrected chi connectivity index (χ3v) is 5.38. The Labute approximate surface area is 130 Å². The average molecular weight is 321 g/mol. The number of carbonyl (C=O) groups excluding carboxylic acids is 1. The summed E-state index contributed by atoms with van der Waals surface area (Å²) in [7, 11) is -3.57. The number of hydrogen-bond donors (Lipinski definition) is 1. The molecule has 0 unspecified atom stereocenters. The number of amides is 1. The summed E-state index contributed by atoms with van der Waals surface area (Å²) in [5, 5.41) is 0. The van der Waals surface area contributed by atoms with E-state index >= 15 is 0 Å². The molecule has 0 radical (unpaired) electrons. The van der Waals surface area contributed by atoms with Gasteiger partial charge in [0.2, 0.25) is 5.91 Å². The lowest BCUT2D eigenvalue weighted by Crippen LogP contribution is -2.48. The van der Waals surface area contributed by atoms with Crippen molar-refractivity contribution in [1.29, 1.82) is 0 Å². The second-order valence-electron chi connectivity index (χ2n) is 5.95. The lowest BCUT2D eigenvalue weighted by Gasteiger charge is -2.34. The smallest absolute Gasteiger partial charge is 0.263 e. The van der Waals surface area contributed by atoms with E-state index in [9.17, 15) is 13.2 Å². The molecule has 0 aromatic heterocycles. The molecule has 0 aliphatic carbocycles. The summed E-state index contributed by atoms with van der Waals surface area (Å²) in [6.45, 7) is 5.36. The van der Waals surface area contributed by atoms with Gasteiger partial charge in [-0.2, -0.15) is 0 Å². The fourth-order valence-electron chi connectivity index (χ4n) is 2.58. The molecule has 6 nitrogen and oxygen atoms in total. The van der Waals surface area contributed by atoms with E-state index in [2.05, 4.69) is 9.71 Å². The zero-order valence-electron chi connectivity index (χ0n) is 12.6. The first kappa shape index (κ1) is 15.0. The number of fused-ring (bicyclic) bond motifs is 1. The highest BCUT2D eigenvalue weighted by Crippen LogP contribution is 2.24. The van der Waals surface area contributed by atoms with Crippen LogP contribution < -0.4 is 4.72 Å². The molecule has 1 aromatic carbocycles. The van der Waals surface area contributed by atoms with Crippen LogP contribution in [-0.2, 0) is 14.8 Å². The van der Waals surface area contributed by atoms with Crippen molar-refractivity contribution in [2.75, 3.05) is 13.1 Å². The third-order valence-electron chi connectivity index (χ3n) is 3.98. The number of likely N-dealkylation sites (tertiary alicyclic amines) is 1. The number of hydrogen-bond acceptors (Lipinski definition) is 4. The maximum atomic E-state index is 12.5. The van der Waals surface area contributed by atoms with Gasteiger partial charge in [-0.05, 0) is 24.5 Å². The molecule has 0 spiro atoms. The van der Waals surface area contributed by atoms with Crippen LogP contribution in [0, 0.1) is 5.92 Å². The summed E-state index contributed by atoms with van der Waals surface area (Å²) < 4.78 is 26.7. The van der Waals surface area contributed by atoms with Crippen LogP contribution in [0.4, 0.5) is 0 Å². The third kappa shape index (κ3) is 2.49. The van der Waals surface area contributed by atoms with E-state index in [1.54, 1.807) is 29.2 Å². The number of carbonyl (C=O) groups is 1. The van der Waals surface area contributed by atoms with Gasteiger partial charge in [0, 0.05) is 18.7 Å². The van der Waals surface area contributed by atoms with Gasteiger partial charge >= 0.3 is 0 Å². The first-order valence-electron chi connectivity index (χ1n) is 7.39. The van der Waals surface area contributed by atoms with E-state index in [0.717, 1.165) is 19.5 Å². The van der Waals surface area contributed by atoms with Crippen molar-refractivity contribution in [2.24, 2.45) is 10.9 Å². The van der Waals surface area contributed by atoms with Crippen molar-refractivity contribution >= 4 is 21.8 Å². The first-order chi connectivity index (χ1) is 10.4. The van der Waals surface area contributed by atoms with E-state index in [4.69, 9.17) is 0 Å². The van der Waals surface area contributed by atoms with Crippen LogP contribution in [0.25, 0.3) is 0 Å². The largest absolute Gasteiger partial charge is 0.341 e. The zero-order valence-corrected chi connectivity index (χ0v) is 13.4. The van der Waals surface area contributed by atoms with E-state index in [1.807, 2.05) is 13.8 Å². The summed E-state index contributed by atoms with van der Waals surface area (Å²) in [4.78, 5) is 18.9. The zero-order chi connectivity index (χ0) is 15.9. The van der Waals surface area contributed by atoms with Crippen molar-refractivity contribution in [3.63, 3.8) is 0 Å². The van der Waals surface area contributed by atoms with Crippen LogP contribution in [0.1, 0.15) is 25.8 Å². The molecule has 3 rings (SSSR count). The summed E-state index contributed by atoms with van der Waals surface area (Å²) in [5.74, 6) is 0.235. The van der Waals surface area contributed by atoms with Crippen LogP contribution in [0.3, 0.4) is 0 Å². The molecule has 1 atom stereocenters. The molecule has 1 aromatic rings. The number of aliphatic imine (C=N–C) groups is 1. The lowest BCUT2D eigenvalue weighted by atomic mass is 10.0. The van der Waals surface area contributed by atoms with Gasteiger partial charge in [-0.15, -0.1) is 0 Å².